The Morgan fingerprint density at radius 1 is 0.952 bits per heavy atom. The van der Waals surface area contributed by atoms with E-state index in [9.17, 15) is 24.3 Å². The minimum Gasteiger partial charge on any atom is -0.445 e. The summed E-state index contributed by atoms with van der Waals surface area (Å²) in [6.07, 6.45) is -1.10. The molecule has 228 valence electrons. The van der Waals surface area contributed by atoms with E-state index in [4.69, 9.17) is 4.74 Å². The van der Waals surface area contributed by atoms with Crippen molar-refractivity contribution in [2.75, 3.05) is 6.54 Å². The number of ether oxygens (including phenoxy) is 1. The Morgan fingerprint density at radius 3 is 2.12 bits per heavy atom. The van der Waals surface area contributed by atoms with Crippen LogP contribution in [0.5, 0.6) is 0 Å². The molecule has 0 aliphatic carbocycles. The monoisotopic (exact) mass is 580 g/mol. The third-order valence-corrected chi connectivity index (χ3v) is 7.03. The second-order valence-electron chi connectivity index (χ2n) is 12.1. The molecule has 10 nitrogen and oxygen atoms in total. The zero-order valence-electron chi connectivity index (χ0n) is 25.1. The van der Waals surface area contributed by atoms with E-state index in [1.807, 2.05) is 81.4 Å². The molecule has 0 bridgehead atoms. The fourth-order valence-corrected chi connectivity index (χ4v) is 4.91. The average Bonchev–Trinajstić information content (AvgIpc) is 3.44. The zero-order valence-corrected chi connectivity index (χ0v) is 25.1. The fourth-order valence-electron chi connectivity index (χ4n) is 4.91. The Kier molecular flexibility index (Phi) is 11.5. The second kappa shape index (κ2) is 14.8. The van der Waals surface area contributed by atoms with Crippen LogP contribution in [0.25, 0.3) is 0 Å². The van der Waals surface area contributed by atoms with Gasteiger partial charge in [0.25, 0.3) is 5.91 Å². The van der Waals surface area contributed by atoms with Crippen molar-refractivity contribution in [2.45, 2.75) is 90.3 Å². The largest absolute Gasteiger partial charge is 0.445 e. The first kappa shape index (κ1) is 32.6. The van der Waals surface area contributed by atoms with Crippen LogP contribution in [0.3, 0.4) is 0 Å². The first-order valence-corrected chi connectivity index (χ1v) is 14.5. The predicted molar refractivity (Wildman–Crippen MR) is 159 cm³/mol. The molecule has 1 aliphatic rings. The third-order valence-electron chi connectivity index (χ3n) is 7.03. The third kappa shape index (κ3) is 9.58. The number of hydrogen-bond donors (Lipinski definition) is 4. The summed E-state index contributed by atoms with van der Waals surface area (Å²) in [5, 5.41) is 19.7. The van der Waals surface area contributed by atoms with Crippen LogP contribution in [0.15, 0.2) is 60.7 Å². The molecule has 3 rings (SSSR count). The van der Waals surface area contributed by atoms with Crippen LogP contribution >= 0.6 is 0 Å². The molecule has 1 fully saturated rings. The second-order valence-corrected chi connectivity index (χ2v) is 12.1. The van der Waals surface area contributed by atoms with Gasteiger partial charge in [0.2, 0.25) is 11.8 Å². The standard InChI is InChI=1S/C32H44N4O6/c1-21(2)26(34-31(41)42-20-23-15-10-7-11-16-23)29(39)33-24(19-22-13-8-6-9-14-22)27(37)30(40)36-18-12-17-25(36)28(38)35-32(3,4)5/h6-11,13-16,21,24-27,37H,12,17-20H2,1-5H3,(H,33,39)(H,34,41)(H,35,38)/t24-,25+,26-,27-/m0/s1. The molecule has 0 spiro atoms. The molecule has 0 unspecified atom stereocenters. The lowest BCUT2D eigenvalue weighted by molar-refractivity contribution is -0.147. The summed E-state index contributed by atoms with van der Waals surface area (Å²) in [6, 6.07) is 15.7. The van der Waals surface area contributed by atoms with Crippen molar-refractivity contribution in [3.63, 3.8) is 0 Å². The van der Waals surface area contributed by atoms with E-state index in [1.54, 1.807) is 13.8 Å². The Labute approximate surface area is 248 Å². The van der Waals surface area contributed by atoms with Gasteiger partial charge in [-0.25, -0.2) is 4.79 Å². The maximum atomic E-state index is 13.6. The number of amides is 4. The SMILES string of the molecule is CC(C)[C@H](NC(=O)OCc1ccccc1)C(=O)N[C@@H](Cc1ccccc1)[C@H](O)C(=O)N1CCC[C@@H]1C(=O)NC(C)(C)C. The zero-order chi connectivity index (χ0) is 30.9. The molecule has 42 heavy (non-hydrogen) atoms. The Morgan fingerprint density at radius 2 is 1.55 bits per heavy atom. The minimum absolute atomic E-state index is 0.0444. The van der Waals surface area contributed by atoms with Gasteiger partial charge < -0.3 is 30.7 Å². The number of nitrogens with one attached hydrogen (secondary N) is 3. The van der Waals surface area contributed by atoms with E-state index in [-0.39, 0.29) is 24.9 Å². The van der Waals surface area contributed by atoms with E-state index >= 15 is 0 Å². The van der Waals surface area contributed by atoms with Crippen LogP contribution in [-0.2, 0) is 32.1 Å². The predicted octanol–water partition coefficient (Wildman–Crippen LogP) is 2.93. The molecule has 4 atom stereocenters. The Bertz CT molecular complexity index is 1200. The van der Waals surface area contributed by atoms with E-state index in [0.29, 0.717) is 19.4 Å². The van der Waals surface area contributed by atoms with Crippen molar-refractivity contribution in [1.82, 2.24) is 20.9 Å². The first-order valence-electron chi connectivity index (χ1n) is 14.5. The van der Waals surface area contributed by atoms with Gasteiger partial charge in [-0.15, -0.1) is 0 Å². The Hall–Kier alpha value is -3.92. The summed E-state index contributed by atoms with van der Waals surface area (Å²) in [7, 11) is 0. The number of aliphatic hydroxyl groups excluding tert-OH is 1. The molecule has 0 aromatic heterocycles. The highest BCUT2D eigenvalue weighted by atomic mass is 16.5. The van der Waals surface area contributed by atoms with Crippen LogP contribution in [0.2, 0.25) is 0 Å². The van der Waals surface area contributed by atoms with Crippen molar-refractivity contribution >= 4 is 23.8 Å². The van der Waals surface area contributed by atoms with Crippen LogP contribution in [0, 0.1) is 5.92 Å². The molecular weight excluding hydrogens is 536 g/mol. The molecule has 4 amide bonds. The summed E-state index contributed by atoms with van der Waals surface area (Å²) in [5.74, 6) is -1.78. The number of alkyl carbamates (subject to hydrolysis) is 1. The smallest absolute Gasteiger partial charge is 0.408 e. The summed E-state index contributed by atoms with van der Waals surface area (Å²) in [6.45, 7) is 9.52. The summed E-state index contributed by atoms with van der Waals surface area (Å²) in [4.78, 5) is 54.0. The molecule has 0 saturated carbocycles. The minimum atomic E-state index is -1.62. The number of carbonyl (C=O) groups is 4. The molecule has 1 heterocycles. The van der Waals surface area contributed by atoms with Crippen LogP contribution in [0.4, 0.5) is 4.79 Å². The quantitative estimate of drug-likeness (QED) is 0.323. The van der Waals surface area contributed by atoms with Crippen molar-refractivity contribution in [3.05, 3.63) is 71.8 Å². The topological polar surface area (TPSA) is 137 Å². The van der Waals surface area contributed by atoms with E-state index in [0.717, 1.165) is 11.1 Å². The summed E-state index contributed by atoms with van der Waals surface area (Å²) < 4.78 is 5.30. The van der Waals surface area contributed by atoms with E-state index < -0.39 is 47.7 Å². The highest BCUT2D eigenvalue weighted by Gasteiger charge is 2.41. The van der Waals surface area contributed by atoms with Gasteiger partial charge in [-0.2, -0.15) is 0 Å². The highest BCUT2D eigenvalue weighted by molar-refractivity contribution is 5.91. The first-order chi connectivity index (χ1) is 19.9. The van der Waals surface area contributed by atoms with Gasteiger partial charge >= 0.3 is 6.09 Å². The van der Waals surface area contributed by atoms with Gasteiger partial charge in [-0.05, 0) is 57.1 Å². The van der Waals surface area contributed by atoms with Crippen molar-refractivity contribution in [3.8, 4) is 0 Å². The fraction of sp³-hybridized carbons (Fsp3) is 0.500. The maximum Gasteiger partial charge on any atom is 0.408 e. The van der Waals surface area contributed by atoms with Crippen LogP contribution in [-0.4, -0.2) is 70.1 Å². The van der Waals surface area contributed by atoms with E-state index in [2.05, 4.69) is 16.0 Å². The van der Waals surface area contributed by atoms with Crippen LogP contribution in [0.1, 0.15) is 58.6 Å². The number of hydrogen-bond acceptors (Lipinski definition) is 6. The molecule has 2 aromatic carbocycles. The van der Waals surface area contributed by atoms with Gasteiger partial charge in [0, 0.05) is 12.1 Å². The maximum absolute atomic E-state index is 13.6. The number of nitrogens with zero attached hydrogens (tertiary/aromatic N) is 1. The van der Waals surface area contributed by atoms with E-state index in [1.165, 1.54) is 4.90 Å². The number of carbonyl (C=O) groups excluding carboxylic acids is 4. The van der Waals surface area contributed by atoms with Crippen molar-refractivity contribution in [2.24, 2.45) is 5.92 Å². The van der Waals surface area contributed by atoms with Gasteiger partial charge in [-0.1, -0.05) is 74.5 Å². The molecule has 1 aliphatic heterocycles. The lowest BCUT2D eigenvalue weighted by atomic mass is 9.97. The lowest BCUT2D eigenvalue weighted by Gasteiger charge is -2.32. The molecule has 10 heteroatoms. The van der Waals surface area contributed by atoms with Crippen LogP contribution < -0.4 is 16.0 Å². The molecule has 2 aromatic rings. The van der Waals surface area contributed by atoms with Crippen molar-refractivity contribution in [1.29, 1.82) is 0 Å². The highest BCUT2D eigenvalue weighted by Crippen LogP contribution is 2.21. The summed E-state index contributed by atoms with van der Waals surface area (Å²) in [5.41, 5.74) is 1.13. The number of likely N-dealkylation sites (tertiary alicyclic amines) is 1. The summed E-state index contributed by atoms with van der Waals surface area (Å²) >= 11 is 0. The average molecular weight is 581 g/mol. The Balaban J connectivity index is 1.74. The molecular formula is C32H44N4O6. The lowest BCUT2D eigenvalue weighted by Crippen LogP contribution is -2.59. The van der Waals surface area contributed by atoms with Gasteiger partial charge in [0.15, 0.2) is 6.10 Å². The number of rotatable bonds is 11. The van der Waals surface area contributed by atoms with Gasteiger partial charge in [0.05, 0.1) is 6.04 Å². The molecule has 0 radical (unpaired) electrons. The molecule has 1 saturated heterocycles. The van der Waals surface area contributed by atoms with Gasteiger partial charge in [-0.3, -0.25) is 14.4 Å². The van der Waals surface area contributed by atoms with Crippen molar-refractivity contribution < 1.29 is 29.0 Å². The molecule has 4 N–H and O–H groups in total. The number of aliphatic hydroxyl groups is 1. The number of benzene rings is 2. The normalized spacial score (nSPS) is 17.2. The van der Waals surface area contributed by atoms with Gasteiger partial charge in [0.1, 0.15) is 18.7 Å².